The van der Waals surface area contributed by atoms with Crippen molar-refractivity contribution in [3.63, 3.8) is 0 Å². The average Bonchev–Trinajstić information content (AvgIpc) is 2.63. The van der Waals surface area contributed by atoms with Crippen molar-refractivity contribution in [2.75, 3.05) is 19.8 Å². The monoisotopic (exact) mass is 215 g/mol. The van der Waals surface area contributed by atoms with Crippen LogP contribution in [0.2, 0.25) is 0 Å². The normalized spacial score (nSPS) is 18.3. The van der Waals surface area contributed by atoms with Crippen molar-refractivity contribution < 1.29 is 23.2 Å². The molecule has 0 spiro atoms. The van der Waals surface area contributed by atoms with Crippen LogP contribution in [0.25, 0.3) is 0 Å². The molecular formula is C9H10FNO4. The van der Waals surface area contributed by atoms with E-state index in [2.05, 4.69) is 5.16 Å². The van der Waals surface area contributed by atoms with Gasteiger partial charge in [-0.25, -0.2) is 9.18 Å². The summed E-state index contributed by atoms with van der Waals surface area (Å²) < 4.78 is 27.8. The third kappa shape index (κ3) is 1.72. The zero-order chi connectivity index (χ0) is 10.9. The largest absolute Gasteiger partial charge is 0.461 e. The predicted octanol–water partition coefficient (Wildman–Crippen LogP) is 1.05. The van der Waals surface area contributed by atoms with Gasteiger partial charge < -0.3 is 14.0 Å². The molecule has 82 valence electrons. The lowest BCUT2D eigenvalue weighted by Crippen LogP contribution is -2.42. The summed E-state index contributed by atoms with van der Waals surface area (Å²) in [5.74, 6) is -0.604. The summed E-state index contributed by atoms with van der Waals surface area (Å²) in [5, 5.41) is 3.44. The van der Waals surface area contributed by atoms with E-state index in [-0.39, 0.29) is 31.3 Å². The molecule has 1 aromatic rings. The first-order valence-electron chi connectivity index (χ1n) is 4.57. The number of carbonyl (C=O) groups is 1. The molecule has 0 radical (unpaired) electrons. The van der Waals surface area contributed by atoms with Gasteiger partial charge in [-0.05, 0) is 6.92 Å². The number of nitrogens with zero attached hydrogens (tertiary/aromatic N) is 1. The minimum absolute atomic E-state index is 0.0109. The lowest BCUT2D eigenvalue weighted by atomic mass is 10.0. The molecule has 0 unspecified atom stereocenters. The van der Waals surface area contributed by atoms with Gasteiger partial charge in [0.05, 0.1) is 19.8 Å². The third-order valence-corrected chi connectivity index (χ3v) is 2.10. The van der Waals surface area contributed by atoms with Gasteiger partial charge in [0, 0.05) is 6.07 Å². The first kappa shape index (κ1) is 10.1. The summed E-state index contributed by atoms with van der Waals surface area (Å²) in [6.07, 6.45) is 0. The highest BCUT2D eigenvalue weighted by atomic mass is 19.1. The topological polar surface area (TPSA) is 61.6 Å². The maximum absolute atomic E-state index is 13.7. The van der Waals surface area contributed by atoms with Gasteiger partial charge in [-0.1, -0.05) is 5.16 Å². The average molecular weight is 215 g/mol. The Hall–Kier alpha value is -1.43. The van der Waals surface area contributed by atoms with Gasteiger partial charge in [-0.3, -0.25) is 0 Å². The zero-order valence-electron chi connectivity index (χ0n) is 8.16. The minimum Gasteiger partial charge on any atom is -0.461 e. The summed E-state index contributed by atoms with van der Waals surface area (Å²) in [6, 6.07) is 1.25. The Morgan fingerprint density at radius 3 is 3.00 bits per heavy atom. The molecule has 0 aromatic carbocycles. The van der Waals surface area contributed by atoms with Gasteiger partial charge in [0.1, 0.15) is 0 Å². The molecule has 1 fully saturated rings. The first-order valence-corrected chi connectivity index (χ1v) is 4.57. The van der Waals surface area contributed by atoms with Crippen LogP contribution in [0.3, 0.4) is 0 Å². The number of hydrogen-bond donors (Lipinski definition) is 0. The smallest absolute Gasteiger partial charge is 0.360 e. The van der Waals surface area contributed by atoms with Crippen LogP contribution in [-0.2, 0) is 15.1 Å². The second-order valence-corrected chi connectivity index (χ2v) is 3.25. The van der Waals surface area contributed by atoms with Crippen LogP contribution >= 0.6 is 0 Å². The lowest BCUT2D eigenvalue weighted by molar-refractivity contribution is -0.147. The number of carbonyl (C=O) groups excluding carboxylic acids is 1. The molecule has 2 rings (SSSR count). The standard InChI is InChI=1S/C9H10FNO4/c1-2-14-8(12)6-3-7(15-11-6)9(10)4-13-5-9/h3H,2,4-5H2,1H3. The fourth-order valence-electron chi connectivity index (χ4n) is 1.21. The van der Waals surface area contributed by atoms with Crippen molar-refractivity contribution >= 4 is 5.97 Å². The molecule has 6 heteroatoms. The molecule has 0 amide bonds. The first-order chi connectivity index (χ1) is 7.15. The van der Waals surface area contributed by atoms with E-state index in [0.717, 1.165) is 0 Å². The second-order valence-electron chi connectivity index (χ2n) is 3.25. The number of aromatic nitrogens is 1. The van der Waals surface area contributed by atoms with Crippen LogP contribution in [-0.4, -0.2) is 30.9 Å². The Labute approximate surface area is 85.1 Å². The zero-order valence-corrected chi connectivity index (χ0v) is 8.16. The maximum Gasteiger partial charge on any atom is 0.360 e. The van der Waals surface area contributed by atoms with E-state index >= 15 is 0 Å². The van der Waals surface area contributed by atoms with E-state index in [4.69, 9.17) is 14.0 Å². The van der Waals surface area contributed by atoms with E-state index in [1.54, 1.807) is 6.92 Å². The number of ether oxygens (including phenoxy) is 2. The quantitative estimate of drug-likeness (QED) is 0.705. The highest BCUT2D eigenvalue weighted by Crippen LogP contribution is 2.34. The maximum atomic E-state index is 13.7. The Kier molecular flexibility index (Phi) is 2.44. The Morgan fingerprint density at radius 2 is 2.47 bits per heavy atom. The fourth-order valence-corrected chi connectivity index (χ4v) is 1.21. The van der Waals surface area contributed by atoms with Crippen molar-refractivity contribution in [1.29, 1.82) is 0 Å². The SMILES string of the molecule is CCOC(=O)c1cc(C2(F)COC2)on1. The van der Waals surface area contributed by atoms with Crippen molar-refractivity contribution in [3.05, 3.63) is 17.5 Å². The van der Waals surface area contributed by atoms with Crippen molar-refractivity contribution in [3.8, 4) is 0 Å². The van der Waals surface area contributed by atoms with Gasteiger partial charge in [0.15, 0.2) is 11.5 Å². The van der Waals surface area contributed by atoms with Crippen LogP contribution in [0.15, 0.2) is 10.6 Å². The van der Waals surface area contributed by atoms with Gasteiger partial charge in [-0.2, -0.15) is 0 Å². The van der Waals surface area contributed by atoms with Gasteiger partial charge in [0.25, 0.3) is 0 Å². The van der Waals surface area contributed by atoms with Crippen LogP contribution in [0.4, 0.5) is 4.39 Å². The molecule has 2 heterocycles. The van der Waals surface area contributed by atoms with E-state index in [0.29, 0.717) is 0 Å². The molecule has 1 saturated heterocycles. The van der Waals surface area contributed by atoms with Crippen molar-refractivity contribution in [1.82, 2.24) is 5.16 Å². The number of alkyl halides is 1. The number of rotatable bonds is 3. The van der Waals surface area contributed by atoms with Crippen LogP contribution in [0.5, 0.6) is 0 Å². The molecule has 0 atom stereocenters. The highest BCUT2D eigenvalue weighted by Gasteiger charge is 2.45. The van der Waals surface area contributed by atoms with Crippen LogP contribution in [0, 0.1) is 0 Å². The number of esters is 1. The van der Waals surface area contributed by atoms with E-state index in [1.807, 2.05) is 0 Å². The molecule has 0 aliphatic carbocycles. The van der Waals surface area contributed by atoms with Crippen molar-refractivity contribution in [2.45, 2.75) is 12.6 Å². The summed E-state index contributed by atoms with van der Waals surface area (Å²) in [5.41, 5.74) is -1.66. The van der Waals surface area contributed by atoms with Crippen LogP contribution in [0.1, 0.15) is 23.2 Å². The molecule has 0 N–H and O–H groups in total. The van der Waals surface area contributed by atoms with Crippen LogP contribution < -0.4 is 0 Å². The second kappa shape index (κ2) is 3.62. The molecule has 1 aliphatic heterocycles. The van der Waals surface area contributed by atoms with Gasteiger partial charge in [-0.15, -0.1) is 0 Å². The molecule has 1 aromatic heterocycles. The summed E-state index contributed by atoms with van der Waals surface area (Å²) in [6.45, 7) is 1.79. The van der Waals surface area contributed by atoms with E-state index < -0.39 is 11.6 Å². The fraction of sp³-hybridized carbons (Fsp3) is 0.556. The summed E-state index contributed by atoms with van der Waals surface area (Å²) in [4.78, 5) is 11.2. The Bertz CT molecular complexity index is 372. The lowest BCUT2D eigenvalue weighted by Gasteiger charge is -2.30. The van der Waals surface area contributed by atoms with Gasteiger partial charge >= 0.3 is 5.97 Å². The highest BCUT2D eigenvalue weighted by molar-refractivity contribution is 5.87. The molecular weight excluding hydrogens is 205 g/mol. The Morgan fingerprint density at radius 1 is 1.73 bits per heavy atom. The number of halogens is 1. The Balaban J connectivity index is 2.13. The molecule has 0 bridgehead atoms. The molecule has 1 aliphatic rings. The summed E-state index contributed by atoms with van der Waals surface area (Å²) in [7, 11) is 0. The van der Waals surface area contributed by atoms with Crippen molar-refractivity contribution in [2.24, 2.45) is 0 Å². The number of hydrogen-bond acceptors (Lipinski definition) is 5. The van der Waals surface area contributed by atoms with E-state index in [9.17, 15) is 9.18 Å². The molecule has 15 heavy (non-hydrogen) atoms. The minimum atomic E-state index is -1.64. The molecule has 0 saturated carbocycles. The molecule has 5 nitrogen and oxygen atoms in total. The summed E-state index contributed by atoms with van der Waals surface area (Å²) >= 11 is 0. The van der Waals surface area contributed by atoms with Gasteiger partial charge in [0.2, 0.25) is 5.67 Å². The van der Waals surface area contributed by atoms with E-state index in [1.165, 1.54) is 6.07 Å². The predicted molar refractivity (Wildman–Crippen MR) is 46.1 cm³/mol. The third-order valence-electron chi connectivity index (χ3n) is 2.10.